The van der Waals surface area contributed by atoms with Gasteiger partial charge in [-0.05, 0) is 70.2 Å². The van der Waals surface area contributed by atoms with Gasteiger partial charge in [0, 0.05) is 10.6 Å². The van der Waals surface area contributed by atoms with E-state index in [0.717, 1.165) is 0 Å². The van der Waals surface area contributed by atoms with E-state index in [-0.39, 0.29) is 16.8 Å². The minimum absolute atomic E-state index is 0.0764. The summed E-state index contributed by atoms with van der Waals surface area (Å²) in [6, 6.07) is 12.7. The first-order chi connectivity index (χ1) is 14.5. The molecule has 0 saturated carbocycles. The average molecular weight is 464 g/mol. The molecule has 0 aliphatic rings. The van der Waals surface area contributed by atoms with Crippen molar-refractivity contribution in [3.8, 4) is 17.2 Å². The first kappa shape index (κ1) is 22.8. The molecule has 2 aromatic carbocycles. The van der Waals surface area contributed by atoms with Crippen molar-refractivity contribution < 1.29 is 22.4 Å². The number of ether oxygens (including phenoxy) is 1. The van der Waals surface area contributed by atoms with E-state index in [1.807, 2.05) is 0 Å². The zero-order valence-electron chi connectivity index (χ0n) is 17.4. The van der Waals surface area contributed by atoms with Crippen molar-refractivity contribution in [3.05, 3.63) is 53.6 Å². The zero-order chi connectivity index (χ0) is 22.8. The van der Waals surface area contributed by atoms with Gasteiger partial charge in [0.05, 0.1) is 10.1 Å². The topological polar surface area (TPSA) is 111 Å². The number of amides is 1. The highest BCUT2D eigenvalue weighted by Crippen LogP contribution is 2.26. The molecule has 0 fully saturated rings. The number of sulfone groups is 1. The van der Waals surface area contributed by atoms with E-state index in [1.54, 1.807) is 64.1 Å². The molecule has 1 N–H and O–H groups in total. The number of nitrogens with zero attached hydrogens (tertiary/aromatic N) is 2. The molecule has 0 radical (unpaired) electrons. The molecule has 0 saturated heterocycles. The zero-order valence-corrected chi connectivity index (χ0v) is 19.0. The summed E-state index contributed by atoms with van der Waals surface area (Å²) in [4.78, 5) is 12.8. The van der Waals surface area contributed by atoms with Crippen LogP contribution in [-0.2, 0) is 14.6 Å². The largest absolute Gasteiger partial charge is 0.478 e. The van der Waals surface area contributed by atoms with Crippen molar-refractivity contribution in [1.29, 1.82) is 0 Å². The van der Waals surface area contributed by atoms with Crippen LogP contribution >= 0.6 is 11.6 Å². The van der Waals surface area contributed by atoms with Gasteiger partial charge in [0.2, 0.25) is 5.89 Å². The monoisotopic (exact) mass is 463 g/mol. The third-order valence-electron chi connectivity index (χ3n) is 4.41. The molecule has 1 aromatic heterocycles. The van der Waals surface area contributed by atoms with Crippen molar-refractivity contribution in [2.75, 3.05) is 5.32 Å². The maximum absolute atomic E-state index is 12.6. The summed E-state index contributed by atoms with van der Waals surface area (Å²) in [5, 5.41) is 10.2. The van der Waals surface area contributed by atoms with Crippen molar-refractivity contribution >= 4 is 33.4 Å². The van der Waals surface area contributed by atoms with E-state index in [9.17, 15) is 13.2 Å². The van der Waals surface area contributed by atoms with Gasteiger partial charge in [-0.2, -0.15) is 0 Å². The van der Waals surface area contributed by atoms with Crippen LogP contribution in [0.25, 0.3) is 11.5 Å². The Balaban J connectivity index is 1.75. The Morgan fingerprint density at radius 2 is 1.81 bits per heavy atom. The third kappa shape index (κ3) is 5.23. The van der Waals surface area contributed by atoms with Crippen LogP contribution in [0.4, 0.5) is 6.01 Å². The molecule has 0 unspecified atom stereocenters. The fraction of sp³-hybridized carbons (Fsp3) is 0.286. The van der Waals surface area contributed by atoms with Gasteiger partial charge in [-0.1, -0.05) is 22.8 Å². The fourth-order valence-electron chi connectivity index (χ4n) is 2.56. The number of rotatable bonds is 7. The molecule has 0 aliphatic carbocycles. The smallest absolute Gasteiger partial charge is 0.322 e. The second-order valence-corrected chi connectivity index (χ2v) is 10.5. The Kier molecular flexibility index (Phi) is 6.38. The maximum Gasteiger partial charge on any atom is 0.322 e. The molecule has 0 atom stereocenters. The summed E-state index contributed by atoms with van der Waals surface area (Å²) in [6.45, 7) is 6.40. The molecule has 1 amide bonds. The molecule has 0 spiro atoms. The van der Waals surface area contributed by atoms with Gasteiger partial charge >= 0.3 is 6.01 Å². The number of aromatic nitrogens is 2. The first-order valence-electron chi connectivity index (χ1n) is 9.43. The standard InChI is InChI=1S/C21H22ClN3O5S/c1-13(2)31(27,28)17-7-5-6-14(12-17)18-24-25-20(29-18)23-19(26)21(3,4)30-16-10-8-15(22)9-11-16/h5-13H,1-4H3,(H,23,25,26). The van der Waals surface area contributed by atoms with E-state index in [1.165, 1.54) is 12.1 Å². The number of hydrogen-bond donors (Lipinski definition) is 1. The number of benzene rings is 2. The Morgan fingerprint density at radius 1 is 1.13 bits per heavy atom. The van der Waals surface area contributed by atoms with E-state index in [0.29, 0.717) is 16.3 Å². The van der Waals surface area contributed by atoms with E-state index in [4.69, 9.17) is 20.8 Å². The molecular weight excluding hydrogens is 442 g/mol. The summed E-state index contributed by atoms with van der Waals surface area (Å²) in [6.07, 6.45) is 0. The molecule has 0 bridgehead atoms. The normalized spacial score (nSPS) is 12.1. The number of carbonyl (C=O) groups is 1. The summed E-state index contributed by atoms with van der Waals surface area (Å²) in [5.74, 6) is 0.0419. The van der Waals surface area contributed by atoms with Crippen LogP contribution in [0.3, 0.4) is 0 Å². The summed E-state index contributed by atoms with van der Waals surface area (Å²) < 4.78 is 36.0. The fourth-order valence-corrected chi connectivity index (χ4v) is 3.79. The Bertz CT molecular complexity index is 1190. The van der Waals surface area contributed by atoms with Gasteiger partial charge in [-0.15, -0.1) is 5.10 Å². The van der Waals surface area contributed by atoms with Crippen LogP contribution in [0.2, 0.25) is 5.02 Å². The van der Waals surface area contributed by atoms with Crippen LogP contribution < -0.4 is 10.1 Å². The molecular formula is C21H22ClN3O5S. The Hall–Kier alpha value is -2.91. The minimum atomic E-state index is -3.46. The van der Waals surface area contributed by atoms with E-state index >= 15 is 0 Å². The summed E-state index contributed by atoms with van der Waals surface area (Å²) in [7, 11) is -3.46. The van der Waals surface area contributed by atoms with Gasteiger partial charge in [0.15, 0.2) is 15.4 Å². The number of nitrogens with one attached hydrogen (secondary N) is 1. The maximum atomic E-state index is 12.6. The number of anilines is 1. The van der Waals surface area contributed by atoms with Gasteiger partial charge in [-0.3, -0.25) is 10.1 Å². The molecule has 10 heteroatoms. The van der Waals surface area contributed by atoms with E-state index < -0.39 is 26.6 Å². The van der Waals surface area contributed by atoms with Gasteiger partial charge in [0.25, 0.3) is 5.91 Å². The molecule has 0 aliphatic heterocycles. The molecule has 1 heterocycles. The van der Waals surface area contributed by atoms with Crippen LogP contribution in [-0.4, -0.2) is 35.4 Å². The molecule has 164 valence electrons. The van der Waals surface area contributed by atoms with Crippen molar-refractivity contribution in [1.82, 2.24) is 10.2 Å². The predicted molar refractivity (Wildman–Crippen MR) is 117 cm³/mol. The summed E-state index contributed by atoms with van der Waals surface area (Å²) in [5.41, 5.74) is -0.820. The second kappa shape index (κ2) is 8.68. The highest BCUT2D eigenvalue weighted by Gasteiger charge is 2.31. The van der Waals surface area contributed by atoms with Crippen LogP contribution in [0.15, 0.2) is 57.8 Å². The van der Waals surface area contributed by atoms with Gasteiger partial charge in [-0.25, -0.2) is 8.42 Å². The number of halogens is 1. The number of hydrogen-bond acceptors (Lipinski definition) is 7. The van der Waals surface area contributed by atoms with Crippen molar-refractivity contribution in [2.45, 2.75) is 43.4 Å². The van der Waals surface area contributed by atoms with Crippen LogP contribution in [0.1, 0.15) is 27.7 Å². The molecule has 8 nitrogen and oxygen atoms in total. The average Bonchev–Trinajstić information content (AvgIpc) is 3.18. The molecule has 31 heavy (non-hydrogen) atoms. The minimum Gasteiger partial charge on any atom is -0.478 e. The third-order valence-corrected chi connectivity index (χ3v) is 6.81. The van der Waals surface area contributed by atoms with Crippen LogP contribution in [0.5, 0.6) is 5.75 Å². The highest BCUT2D eigenvalue weighted by molar-refractivity contribution is 7.92. The van der Waals surface area contributed by atoms with Crippen molar-refractivity contribution in [3.63, 3.8) is 0 Å². The number of carbonyl (C=O) groups excluding carboxylic acids is 1. The first-order valence-corrected chi connectivity index (χ1v) is 11.4. The SMILES string of the molecule is CC(C)S(=O)(=O)c1cccc(-c2nnc(NC(=O)C(C)(C)Oc3ccc(Cl)cc3)o2)c1. The quantitative estimate of drug-likeness (QED) is 0.553. The van der Waals surface area contributed by atoms with Gasteiger partial charge in [0.1, 0.15) is 5.75 Å². The Morgan fingerprint density at radius 3 is 2.45 bits per heavy atom. The Labute approximate surface area is 185 Å². The lowest BCUT2D eigenvalue weighted by atomic mass is 10.1. The molecule has 3 aromatic rings. The van der Waals surface area contributed by atoms with E-state index in [2.05, 4.69) is 15.5 Å². The van der Waals surface area contributed by atoms with Crippen LogP contribution in [0, 0.1) is 0 Å². The summed E-state index contributed by atoms with van der Waals surface area (Å²) >= 11 is 5.86. The predicted octanol–water partition coefficient (Wildman–Crippen LogP) is 4.37. The lowest BCUT2D eigenvalue weighted by molar-refractivity contribution is -0.128. The van der Waals surface area contributed by atoms with Crippen molar-refractivity contribution in [2.24, 2.45) is 0 Å². The lowest BCUT2D eigenvalue weighted by Gasteiger charge is -2.24. The highest BCUT2D eigenvalue weighted by atomic mass is 35.5. The van der Waals surface area contributed by atoms with Gasteiger partial charge < -0.3 is 9.15 Å². The lowest BCUT2D eigenvalue weighted by Crippen LogP contribution is -2.42. The molecule has 3 rings (SSSR count). The second-order valence-electron chi connectivity index (χ2n) is 7.55.